The first-order chi connectivity index (χ1) is 7.27. The summed E-state index contributed by atoms with van der Waals surface area (Å²) in [5.41, 5.74) is 0.788. The molecular weight excluding hydrogens is 186 g/mol. The van der Waals surface area contributed by atoms with Crippen molar-refractivity contribution >= 4 is 12.3 Å². The minimum absolute atomic E-state index is 0.239. The number of nitrogens with zero attached hydrogens (tertiary/aromatic N) is 1. The Bertz CT molecular complexity index is 537. The van der Waals surface area contributed by atoms with Crippen molar-refractivity contribution in [2.75, 3.05) is 0 Å². The summed E-state index contributed by atoms with van der Waals surface area (Å²) in [7, 11) is 0. The van der Waals surface area contributed by atoms with Crippen LogP contribution < -0.4 is 10.6 Å². The van der Waals surface area contributed by atoms with Crippen LogP contribution in [-0.2, 0) is 0 Å². The summed E-state index contributed by atoms with van der Waals surface area (Å²) in [5.74, 6) is 0.239. The van der Waals surface area contributed by atoms with Gasteiger partial charge in [-0.05, 0) is 12.1 Å². The molecule has 2 heteroatoms. The van der Waals surface area contributed by atoms with Crippen molar-refractivity contribution in [2.45, 2.75) is 0 Å². The summed E-state index contributed by atoms with van der Waals surface area (Å²) in [4.78, 5) is 4.03. The number of rotatable bonds is 1. The molecule has 0 aliphatic rings. The van der Waals surface area contributed by atoms with Crippen molar-refractivity contribution in [1.29, 1.82) is 0 Å². The van der Waals surface area contributed by atoms with Crippen LogP contribution in [0.15, 0.2) is 48.7 Å². The largest absolute Gasteiger partial charge is 0.507 e. The smallest absolute Gasteiger partial charge is 0.131 e. The highest BCUT2D eigenvalue weighted by molar-refractivity contribution is 5.57. The van der Waals surface area contributed by atoms with E-state index in [1.807, 2.05) is 30.3 Å². The summed E-state index contributed by atoms with van der Waals surface area (Å²) >= 11 is 0. The molecule has 15 heavy (non-hydrogen) atoms. The maximum absolute atomic E-state index is 9.94. The summed E-state index contributed by atoms with van der Waals surface area (Å²) in [6, 6.07) is 13.0. The maximum atomic E-state index is 9.94. The molecule has 0 atom stereocenters. The van der Waals surface area contributed by atoms with E-state index in [9.17, 15) is 5.11 Å². The van der Waals surface area contributed by atoms with Crippen molar-refractivity contribution in [3.63, 3.8) is 0 Å². The Hall–Kier alpha value is -2.09. The van der Waals surface area contributed by atoms with E-state index in [0.29, 0.717) is 10.6 Å². The van der Waals surface area contributed by atoms with Gasteiger partial charge in [0.2, 0.25) is 0 Å². The van der Waals surface area contributed by atoms with Gasteiger partial charge < -0.3 is 5.11 Å². The maximum Gasteiger partial charge on any atom is 0.131 e. The van der Waals surface area contributed by atoms with Crippen LogP contribution in [0.25, 0.3) is 12.3 Å². The van der Waals surface area contributed by atoms with Gasteiger partial charge in [0, 0.05) is 17.0 Å². The third-order valence-electron chi connectivity index (χ3n) is 2.15. The molecule has 0 saturated heterocycles. The predicted octanol–water partition coefficient (Wildman–Crippen LogP) is 1.21. The van der Waals surface area contributed by atoms with Crippen LogP contribution in [0, 0.1) is 0 Å². The second-order valence-corrected chi connectivity index (χ2v) is 3.25. The van der Waals surface area contributed by atoms with E-state index in [1.165, 1.54) is 0 Å². The van der Waals surface area contributed by atoms with Crippen molar-refractivity contribution in [3.05, 3.63) is 64.8 Å². The zero-order valence-electron chi connectivity index (χ0n) is 8.22. The molecule has 0 amide bonds. The molecule has 2 nitrogen and oxygen atoms in total. The first-order valence-electron chi connectivity index (χ1n) is 4.67. The van der Waals surface area contributed by atoms with Gasteiger partial charge in [-0.1, -0.05) is 36.9 Å². The monoisotopic (exact) mass is 197 g/mol. The van der Waals surface area contributed by atoms with Gasteiger partial charge in [0.25, 0.3) is 0 Å². The molecule has 0 fully saturated rings. The summed E-state index contributed by atoms with van der Waals surface area (Å²) in [6.45, 7) is 3.69. The van der Waals surface area contributed by atoms with E-state index in [4.69, 9.17) is 0 Å². The molecule has 0 spiro atoms. The number of benzene rings is 1. The van der Waals surface area contributed by atoms with Crippen molar-refractivity contribution < 1.29 is 5.11 Å². The molecule has 0 saturated carbocycles. The summed E-state index contributed by atoms with van der Waals surface area (Å²) in [6.07, 6.45) is 1.62. The van der Waals surface area contributed by atoms with Gasteiger partial charge in [-0.25, -0.2) is 0 Å². The van der Waals surface area contributed by atoms with Crippen LogP contribution >= 0.6 is 0 Å². The Morgan fingerprint density at radius 3 is 2.40 bits per heavy atom. The van der Waals surface area contributed by atoms with Gasteiger partial charge in [-0.3, -0.25) is 4.98 Å². The van der Waals surface area contributed by atoms with Crippen LogP contribution in [-0.4, -0.2) is 10.1 Å². The SMILES string of the molecule is C=c1cc/c(=C(\O)c2ccccc2)cn1. The fourth-order valence-corrected chi connectivity index (χ4v) is 1.33. The molecule has 0 aliphatic heterocycles. The lowest BCUT2D eigenvalue weighted by atomic mass is 10.1. The lowest BCUT2D eigenvalue weighted by molar-refractivity contribution is 0.507. The lowest BCUT2D eigenvalue weighted by Crippen LogP contribution is -2.13. The average Bonchev–Trinajstić information content (AvgIpc) is 2.30. The minimum Gasteiger partial charge on any atom is -0.507 e. The Morgan fingerprint density at radius 2 is 1.80 bits per heavy atom. The van der Waals surface area contributed by atoms with E-state index in [-0.39, 0.29) is 5.76 Å². The molecule has 74 valence electrons. The average molecular weight is 197 g/mol. The Labute approximate surface area is 87.9 Å². The van der Waals surface area contributed by atoms with Gasteiger partial charge in [0.1, 0.15) is 5.76 Å². The van der Waals surface area contributed by atoms with Crippen LogP contribution in [0.2, 0.25) is 0 Å². The third kappa shape index (κ3) is 2.05. The van der Waals surface area contributed by atoms with Gasteiger partial charge in [-0.15, -0.1) is 0 Å². The molecule has 0 radical (unpaired) electrons. The van der Waals surface area contributed by atoms with E-state index in [0.717, 1.165) is 5.56 Å². The number of aliphatic hydroxyl groups excluding tert-OH is 1. The molecule has 1 aromatic heterocycles. The van der Waals surface area contributed by atoms with E-state index in [2.05, 4.69) is 11.6 Å². The third-order valence-corrected chi connectivity index (χ3v) is 2.15. The number of hydrogen-bond acceptors (Lipinski definition) is 2. The minimum atomic E-state index is 0.239. The molecule has 2 rings (SSSR count). The molecular formula is C13H11NO. The Balaban J connectivity index is 2.60. The Morgan fingerprint density at radius 1 is 1.07 bits per heavy atom. The molecule has 1 heterocycles. The highest BCUT2D eigenvalue weighted by Crippen LogP contribution is 2.05. The van der Waals surface area contributed by atoms with Crippen molar-refractivity contribution in [3.8, 4) is 0 Å². The van der Waals surface area contributed by atoms with Gasteiger partial charge in [-0.2, -0.15) is 0 Å². The number of aromatic nitrogens is 1. The standard InChI is InChI=1S/C13H11NO/c1-10-7-8-12(9-14-10)13(15)11-5-3-2-4-6-11/h2-9,15H,1H2/b13-12+. The van der Waals surface area contributed by atoms with Gasteiger partial charge in [0.15, 0.2) is 0 Å². The fraction of sp³-hybridized carbons (Fsp3) is 0. The first-order valence-corrected chi connectivity index (χ1v) is 4.67. The highest BCUT2D eigenvalue weighted by atomic mass is 16.3. The second-order valence-electron chi connectivity index (χ2n) is 3.25. The van der Waals surface area contributed by atoms with Crippen LogP contribution in [0.5, 0.6) is 0 Å². The number of hydrogen-bond donors (Lipinski definition) is 1. The molecule has 0 bridgehead atoms. The van der Waals surface area contributed by atoms with E-state index in [1.54, 1.807) is 18.3 Å². The zero-order chi connectivity index (χ0) is 10.7. The predicted molar refractivity (Wildman–Crippen MR) is 60.6 cm³/mol. The Kier molecular flexibility index (Phi) is 2.50. The van der Waals surface area contributed by atoms with Crippen LogP contribution in [0.3, 0.4) is 0 Å². The van der Waals surface area contributed by atoms with E-state index < -0.39 is 0 Å². The summed E-state index contributed by atoms with van der Waals surface area (Å²) < 4.78 is 0. The van der Waals surface area contributed by atoms with Crippen LogP contribution in [0.4, 0.5) is 0 Å². The molecule has 1 N–H and O–H groups in total. The summed E-state index contributed by atoms with van der Waals surface area (Å²) in [5, 5.41) is 11.3. The lowest BCUT2D eigenvalue weighted by Gasteiger charge is -1.98. The topological polar surface area (TPSA) is 33.1 Å². The zero-order valence-corrected chi connectivity index (χ0v) is 8.22. The van der Waals surface area contributed by atoms with E-state index >= 15 is 0 Å². The highest BCUT2D eigenvalue weighted by Gasteiger charge is 1.97. The first kappa shape index (κ1) is 9.46. The van der Waals surface area contributed by atoms with Crippen LogP contribution in [0.1, 0.15) is 5.56 Å². The molecule has 2 aromatic rings. The van der Waals surface area contributed by atoms with Gasteiger partial charge >= 0.3 is 0 Å². The second kappa shape index (κ2) is 3.96. The molecule has 1 aromatic carbocycles. The quantitative estimate of drug-likeness (QED) is 0.745. The van der Waals surface area contributed by atoms with Crippen molar-refractivity contribution in [1.82, 2.24) is 4.98 Å². The molecule has 0 unspecified atom stereocenters. The number of aliphatic hydroxyl groups is 1. The number of pyridine rings is 1. The van der Waals surface area contributed by atoms with Gasteiger partial charge in [0.05, 0.1) is 5.35 Å². The fourth-order valence-electron chi connectivity index (χ4n) is 1.33. The normalized spacial score (nSPS) is 12.3. The van der Waals surface area contributed by atoms with Crippen molar-refractivity contribution in [2.24, 2.45) is 0 Å². The molecule has 0 aliphatic carbocycles.